The molecule has 3 N–H and O–H groups in total. The van der Waals surface area contributed by atoms with Crippen molar-refractivity contribution >= 4 is 29.9 Å². The van der Waals surface area contributed by atoms with Crippen LogP contribution in [0, 0.1) is 0 Å². The molecule has 2 rings (SSSR count). The van der Waals surface area contributed by atoms with E-state index >= 15 is 0 Å². The molecule has 0 bridgehead atoms. The molecule has 0 atom stereocenters. The monoisotopic (exact) mass is 327 g/mol. The topological polar surface area (TPSA) is 84.7 Å². The second kappa shape index (κ2) is 9.27. The van der Waals surface area contributed by atoms with Gasteiger partial charge in [0.05, 0.1) is 5.69 Å². The van der Waals surface area contributed by atoms with Crippen molar-refractivity contribution in [2.24, 2.45) is 5.73 Å². The van der Waals surface area contributed by atoms with Gasteiger partial charge >= 0.3 is 0 Å². The summed E-state index contributed by atoms with van der Waals surface area (Å²) in [6.07, 6.45) is 1.85. The van der Waals surface area contributed by atoms with Gasteiger partial charge in [-0.15, -0.1) is 12.4 Å². The number of anilines is 1. The normalized spacial score (nSPS) is 13.0. The molecule has 1 aromatic carbocycles. The van der Waals surface area contributed by atoms with Crippen molar-refractivity contribution in [3.8, 4) is 5.75 Å². The minimum absolute atomic E-state index is 0. The third-order valence-corrected chi connectivity index (χ3v) is 3.30. The maximum Gasteiger partial charge on any atom is 0.265 e. The number of amides is 2. The second-order valence-corrected chi connectivity index (χ2v) is 4.90. The van der Waals surface area contributed by atoms with Crippen molar-refractivity contribution in [1.82, 2.24) is 5.32 Å². The predicted molar refractivity (Wildman–Crippen MR) is 87.5 cm³/mol. The van der Waals surface area contributed by atoms with E-state index in [9.17, 15) is 9.59 Å². The molecule has 0 fully saturated rings. The van der Waals surface area contributed by atoms with Crippen LogP contribution in [-0.2, 0) is 9.59 Å². The first-order valence-electron chi connectivity index (χ1n) is 7.21. The van der Waals surface area contributed by atoms with E-state index in [1.165, 1.54) is 0 Å². The van der Waals surface area contributed by atoms with Crippen molar-refractivity contribution in [1.29, 1.82) is 0 Å². The summed E-state index contributed by atoms with van der Waals surface area (Å²) in [5.41, 5.74) is 6.15. The highest BCUT2D eigenvalue weighted by atomic mass is 35.5. The molecule has 22 heavy (non-hydrogen) atoms. The number of nitrogens with one attached hydrogen (secondary N) is 1. The number of para-hydroxylation sites is 2. The number of benzene rings is 1. The SMILES string of the molecule is Cl.NCCCC(=O)NCCCN1C(=O)COc2ccccc21. The fraction of sp³-hybridized carbons (Fsp3) is 0.467. The van der Waals surface area contributed by atoms with Gasteiger partial charge in [-0.05, 0) is 31.5 Å². The molecule has 1 aromatic rings. The fourth-order valence-electron chi connectivity index (χ4n) is 2.22. The van der Waals surface area contributed by atoms with Crippen LogP contribution in [0.1, 0.15) is 19.3 Å². The Morgan fingerprint density at radius 1 is 1.32 bits per heavy atom. The summed E-state index contributed by atoms with van der Waals surface area (Å²) in [6, 6.07) is 7.47. The average molecular weight is 328 g/mol. The van der Waals surface area contributed by atoms with Gasteiger partial charge < -0.3 is 20.7 Å². The van der Waals surface area contributed by atoms with Crippen LogP contribution in [0.25, 0.3) is 0 Å². The number of carbonyl (C=O) groups is 2. The highest BCUT2D eigenvalue weighted by Gasteiger charge is 2.24. The minimum atomic E-state index is -0.0526. The van der Waals surface area contributed by atoms with Gasteiger partial charge in [0.1, 0.15) is 5.75 Å². The van der Waals surface area contributed by atoms with Crippen LogP contribution >= 0.6 is 12.4 Å². The van der Waals surface area contributed by atoms with E-state index in [1.807, 2.05) is 24.3 Å². The zero-order valence-corrected chi connectivity index (χ0v) is 13.2. The van der Waals surface area contributed by atoms with E-state index < -0.39 is 0 Å². The number of rotatable bonds is 7. The van der Waals surface area contributed by atoms with Gasteiger partial charge in [-0.3, -0.25) is 9.59 Å². The van der Waals surface area contributed by atoms with E-state index in [4.69, 9.17) is 10.5 Å². The number of halogens is 1. The Morgan fingerprint density at radius 2 is 2.09 bits per heavy atom. The van der Waals surface area contributed by atoms with Crippen LogP contribution < -0.4 is 20.7 Å². The van der Waals surface area contributed by atoms with Gasteiger partial charge in [-0.2, -0.15) is 0 Å². The molecule has 7 heteroatoms. The summed E-state index contributed by atoms with van der Waals surface area (Å²) in [4.78, 5) is 25.1. The van der Waals surface area contributed by atoms with Crippen molar-refractivity contribution in [2.45, 2.75) is 19.3 Å². The summed E-state index contributed by atoms with van der Waals surface area (Å²) in [7, 11) is 0. The lowest BCUT2D eigenvalue weighted by molar-refractivity contribution is -0.121. The number of nitrogens with zero attached hydrogens (tertiary/aromatic N) is 1. The first-order chi connectivity index (χ1) is 10.2. The molecule has 1 aliphatic heterocycles. The van der Waals surface area contributed by atoms with E-state index in [0.29, 0.717) is 38.9 Å². The highest BCUT2D eigenvalue weighted by molar-refractivity contribution is 5.97. The second-order valence-electron chi connectivity index (χ2n) is 4.90. The lowest BCUT2D eigenvalue weighted by Gasteiger charge is -2.29. The molecule has 2 amide bonds. The smallest absolute Gasteiger partial charge is 0.265 e. The number of nitrogens with two attached hydrogens (primary N) is 1. The maximum atomic E-state index is 11.9. The Morgan fingerprint density at radius 3 is 2.86 bits per heavy atom. The Balaban J connectivity index is 0.00000242. The van der Waals surface area contributed by atoms with Gasteiger partial charge in [0, 0.05) is 19.5 Å². The van der Waals surface area contributed by atoms with E-state index in [2.05, 4.69) is 5.32 Å². The van der Waals surface area contributed by atoms with Gasteiger partial charge in [0.15, 0.2) is 6.61 Å². The largest absolute Gasteiger partial charge is 0.482 e. The molecule has 0 spiro atoms. The Labute approximate surface area is 136 Å². The van der Waals surface area contributed by atoms with Crippen LogP contribution in [0.4, 0.5) is 5.69 Å². The molecule has 1 heterocycles. The maximum absolute atomic E-state index is 11.9. The lowest BCUT2D eigenvalue weighted by atomic mass is 10.2. The highest BCUT2D eigenvalue weighted by Crippen LogP contribution is 2.31. The number of ether oxygens (including phenoxy) is 1. The Bertz CT molecular complexity index is 511. The van der Waals surface area contributed by atoms with Crippen LogP contribution in [0.3, 0.4) is 0 Å². The summed E-state index contributed by atoms with van der Waals surface area (Å²) in [6.45, 7) is 1.71. The number of carbonyl (C=O) groups excluding carboxylic acids is 2. The molecule has 122 valence electrons. The van der Waals surface area contributed by atoms with Crippen molar-refractivity contribution in [3.05, 3.63) is 24.3 Å². The molecule has 0 aromatic heterocycles. The molecule has 0 saturated heterocycles. The molecule has 0 aliphatic carbocycles. The van der Waals surface area contributed by atoms with Crippen LogP contribution in [0.5, 0.6) is 5.75 Å². The van der Waals surface area contributed by atoms with Gasteiger partial charge in [0.2, 0.25) is 5.91 Å². The quantitative estimate of drug-likeness (QED) is 0.734. The minimum Gasteiger partial charge on any atom is -0.482 e. The third kappa shape index (κ3) is 4.89. The lowest BCUT2D eigenvalue weighted by Crippen LogP contribution is -2.40. The number of hydrogen-bond acceptors (Lipinski definition) is 4. The Hall–Kier alpha value is -1.79. The van der Waals surface area contributed by atoms with Crippen molar-refractivity contribution < 1.29 is 14.3 Å². The molecule has 0 unspecified atom stereocenters. The van der Waals surface area contributed by atoms with E-state index in [1.54, 1.807) is 4.90 Å². The molecule has 0 saturated carbocycles. The molecule has 1 aliphatic rings. The van der Waals surface area contributed by atoms with Crippen molar-refractivity contribution in [2.75, 3.05) is 31.1 Å². The third-order valence-electron chi connectivity index (χ3n) is 3.30. The van der Waals surface area contributed by atoms with Crippen molar-refractivity contribution in [3.63, 3.8) is 0 Å². The molecular weight excluding hydrogens is 306 g/mol. The number of hydrogen-bond donors (Lipinski definition) is 2. The van der Waals surface area contributed by atoms with Crippen LogP contribution in [0.15, 0.2) is 24.3 Å². The van der Waals surface area contributed by atoms with E-state index in [-0.39, 0.29) is 30.8 Å². The van der Waals surface area contributed by atoms with E-state index in [0.717, 1.165) is 11.4 Å². The van der Waals surface area contributed by atoms with Gasteiger partial charge in [-0.25, -0.2) is 0 Å². The summed E-state index contributed by atoms with van der Waals surface area (Å²) in [5, 5.41) is 2.83. The first-order valence-corrected chi connectivity index (χ1v) is 7.21. The molecule has 6 nitrogen and oxygen atoms in total. The zero-order chi connectivity index (χ0) is 15.1. The van der Waals surface area contributed by atoms with Crippen LogP contribution in [0.2, 0.25) is 0 Å². The summed E-state index contributed by atoms with van der Waals surface area (Å²) >= 11 is 0. The average Bonchev–Trinajstić information content (AvgIpc) is 2.51. The molecule has 0 radical (unpaired) electrons. The fourth-order valence-corrected chi connectivity index (χ4v) is 2.22. The van der Waals surface area contributed by atoms with Gasteiger partial charge in [-0.1, -0.05) is 12.1 Å². The Kier molecular flexibility index (Phi) is 7.70. The predicted octanol–water partition coefficient (Wildman–Crippen LogP) is 1.08. The van der Waals surface area contributed by atoms with Gasteiger partial charge in [0.25, 0.3) is 5.91 Å². The molecular formula is C15H22ClN3O3. The first kappa shape index (κ1) is 18.3. The zero-order valence-electron chi connectivity index (χ0n) is 12.4. The summed E-state index contributed by atoms with van der Waals surface area (Å²) < 4.78 is 5.38. The standard InChI is InChI=1S/C15H21N3O3.ClH/c16-8-3-7-14(19)17-9-4-10-18-12-5-1-2-6-13(12)21-11-15(18)20;/h1-2,5-6H,3-4,7-11,16H2,(H,17,19);1H. The number of fused-ring (bicyclic) bond motifs is 1. The summed E-state index contributed by atoms with van der Waals surface area (Å²) in [5.74, 6) is 0.682. The van der Waals surface area contributed by atoms with Crippen LogP contribution in [-0.4, -0.2) is 38.1 Å².